The highest BCUT2D eigenvalue weighted by Gasteiger charge is 2.13. The molecule has 0 radical (unpaired) electrons. The lowest BCUT2D eigenvalue weighted by atomic mass is 10.1. The van der Waals surface area contributed by atoms with Crippen LogP contribution in [0.3, 0.4) is 0 Å². The number of nitrogen functional groups attached to an aromatic ring is 1. The number of rotatable bonds is 3. The van der Waals surface area contributed by atoms with Gasteiger partial charge in [0.25, 0.3) is 5.91 Å². The molecule has 1 amide bonds. The Bertz CT molecular complexity index is 366. The maximum absolute atomic E-state index is 11.7. The summed E-state index contributed by atoms with van der Waals surface area (Å²) in [6.45, 7) is 3.95. The number of benzene rings is 1. The second-order valence-electron chi connectivity index (χ2n) is 3.49. The molecule has 0 saturated carbocycles. The number of anilines is 1. The Morgan fingerprint density at radius 3 is 2.87 bits per heavy atom. The van der Waals surface area contributed by atoms with Crippen molar-refractivity contribution in [3.8, 4) is 0 Å². The molecule has 0 aromatic heterocycles. The summed E-state index contributed by atoms with van der Waals surface area (Å²) in [5, 5.41) is 3.15. The topological polar surface area (TPSA) is 55.1 Å². The van der Waals surface area contributed by atoms with Gasteiger partial charge in [0.15, 0.2) is 0 Å². The van der Waals surface area contributed by atoms with Gasteiger partial charge in [0.05, 0.1) is 16.3 Å². The second-order valence-corrected chi connectivity index (χ2v) is 3.87. The first-order chi connectivity index (χ1) is 7.06. The van der Waals surface area contributed by atoms with Crippen LogP contribution in [-0.2, 0) is 0 Å². The summed E-state index contributed by atoms with van der Waals surface area (Å²) in [7, 11) is 0. The highest BCUT2D eigenvalue weighted by Crippen LogP contribution is 2.22. The zero-order chi connectivity index (χ0) is 11.4. The third-order valence-electron chi connectivity index (χ3n) is 2.26. The lowest BCUT2D eigenvalue weighted by Gasteiger charge is -2.12. The summed E-state index contributed by atoms with van der Waals surface area (Å²) in [4.78, 5) is 11.7. The molecule has 0 saturated heterocycles. The summed E-state index contributed by atoms with van der Waals surface area (Å²) in [5.74, 6) is -0.179. The fourth-order valence-corrected chi connectivity index (χ4v) is 1.34. The maximum Gasteiger partial charge on any atom is 0.253 e. The molecule has 1 aromatic rings. The van der Waals surface area contributed by atoms with Crippen molar-refractivity contribution in [3.05, 3.63) is 28.8 Å². The van der Waals surface area contributed by atoms with Crippen molar-refractivity contribution >= 4 is 23.2 Å². The minimum Gasteiger partial charge on any atom is -0.398 e. The summed E-state index contributed by atoms with van der Waals surface area (Å²) in [6, 6.07) is 5.18. The number of amides is 1. The molecule has 4 heteroatoms. The van der Waals surface area contributed by atoms with Gasteiger partial charge in [-0.1, -0.05) is 24.6 Å². The number of halogens is 1. The van der Waals surface area contributed by atoms with Crippen LogP contribution in [0.2, 0.25) is 5.02 Å². The molecule has 82 valence electrons. The standard InChI is InChI=1S/C11H15ClN2O/c1-3-7(2)14-11(15)8-5-4-6-9(13)10(8)12/h4-7H,3,13H2,1-2H3,(H,14,15). The van der Waals surface area contributed by atoms with Crippen molar-refractivity contribution in [2.75, 3.05) is 5.73 Å². The molecule has 0 spiro atoms. The molecular formula is C11H15ClN2O. The van der Waals surface area contributed by atoms with E-state index in [0.29, 0.717) is 16.3 Å². The average Bonchev–Trinajstić information content (AvgIpc) is 2.21. The molecule has 0 aliphatic heterocycles. The Morgan fingerprint density at radius 1 is 1.60 bits per heavy atom. The number of hydrogen-bond acceptors (Lipinski definition) is 2. The van der Waals surface area contributed by atoms with Crippen LogP contribution < -0.4 is 11.1 Å². The van der Waals surface area contributed by atoms with Crippen LogP contribution in [0.4, 0.5) is 5.69 Å². The molecule has 3 N–H and O–H groups in total. The molecule has 0 aliphatic rings. The maximum atomic E-state index is 11.7. The van der Waals surface area contributed by atoms with Crippen LogP contribution in [0.25, 0.3) is 0 Å². The highest BCUT2D eigenvalue weighted by atomic mass is 35.5. The predicted molar refractivity (Wildman–Crippen MR) is 63.1 cm³/mol. The molecular weight excluding hydrogens is 212 g/mol. The Kier molecular flexibility index (Phi) is 3.97. The van der Waals surface area contributed by atoms with E-state index in [1.54, 1.807) is 18.2 Å². The second kappa shape index (κ2) is 5.03. The van der Waals surface area contributed by atoms with Gasteiger partial charge in [-0.15, -0.1) is 0 Å². The van der Waals surface area contributed by atoms with Gasteiger partial charge in [-0.2, -0.15) is 0 Å². The zero-order valence-electron chi connectivity index (χ0n) is 8.88. The van der Waals surface area contributed by atoms with Gasteiger partial charge in [0, 0.05) is 6.04 Å². The van der Waals surface area contributed by atoms with E-state index in [-0.39, 0.29) is 11.9 Å². The number of nitrogens with two attached hydrogens (primary N) is 1. The molecule has 0 fully saturated rings. The van der Waals surface area contributed by atoms with Crippen LogP contribution in [0.15, 0.2) is 18.2 Å². The zero-order valence-corrected chi connectivity index (χ0v) is 9.64. The number of nitrogens with one attached hydrogen (secondary N) is 1. The van der Waals surface area contributed by atoms with Crippen LogP contribution >= 0.6 is 11.6 Å². The molecule has 1 unspecified atom stereocenters. The van der Waals surface area contributed by atoms with Crippen molar-refractivity contribution in [1.29, 1.82) is 0 Å². The lowest BCUT2D eigenvalue weighted by Crippen LogP contribution is -2.32. The smallest absolute Gasteiger partial charge is 0.253 e. The van der Waals surface area contributed by atoms with Crippen LogP contribution in [0.1, 0.15) is 30.6 Å². The van der Waals surface area contributed by atoms with Gasteiger partial charge in [-0.05, 0) is 25.5 Å². The van der Waals surface area contributed by atoms with E-state index in [2.05, 4.69) is 5.32 Å². The lowest BCUT2D eigenvalue weighted by molar-refractivity contribution is 0.0939. The van der Waals surface area contributed by atoms with E-state index in [1.807, 2.05) is 13.8 Å². The number of hydrogen-bond donors (Lipinski definition) is 2. The van der Waals surface area contributed by atoms with Gasteiger partial charge in [0.2, 0.25) is 0 Å². The van der Waals surface area contributed by atoms with Gasteiger partial charge in [-0.3, -0.25) is 4.79 Å². The van der Waals surface area contributed by atoms with E-state index in [4.69, 9.17) is 17.3 Å². The van der Waals surface area contributed by atoms with Crippen molar-refractivity contribution in [3.63, 3.8) is 0 Å². The Labute approximate surface area is 94.6 Å². The van der Waals surface area contributed by atoms with Crippen molar-refractivity contribution < 1.29 is 4.79 Å². The minimum absolute atomic E-state index is 0.134. The predicted octanol–water partition coefficient (Wildman–Crippen LogP) is 2.45. The molecule has 1 atom stereocenters. The van der Waals surface area contributed by atoms with Crippen LogP contribution in [0.5, 0.6) is 0 Å². The molecule has 0 aliphatic carbocycles. The molecule has 3 nitrogen and oxygen atoms in total. The summed E-state index contributed by atoms with van der Waals surface area (Å²) < 4.78 is 0. The summed E-state index contributed by atoms with van der Waals surface area (Å²) in [5.41, 5.74) is 6.46. The minimum atomic E-state index is -0.179. The normalized spacial score (nSPS) is 12.2. The highest BCUT2D eigenvalue weighted by molar-refractivity contribution is 6.36. The van der Waals surface area contributed by atoms with E-state index < -0.39 is 0 Å². The summed E-state index contributed by atoms with van der Waals surface area (Å²) in [6.07, 6.45) is 0.881. The van der Waals surface area contributed by atoms with Gasteiger partial charge in [-0.25, -0.2) is 0 Å². The fraction of sp³-hybridized carbons (Fsp3) is 0.364. The van der Waals surface area contributed by atoms with Crippen LogP contribution in [0, 0.1) is 0 Å². The van der Waals surface area contributed by atoms with E-state index in [0.717, 1.165) is 6.42 Å². The molecule has 1 rings (SSSR count). The third kappa shape index (κ3) is 2.86. The van der Waals surface area contributed by atoms with Crippen molar-refractivity contribution in [2.24, 2.45) is 0 Å². The van der Waals surface area contributed by atoms with E-state index in [1.165, 1.54) is 0 Å². The molecule has 1 aromatic carbocycles. The fourth-order valence-electron chi connectivity index (χ4n) is 1.13. The average molecular weight is 227 g/mol. The van der Waals surface area contributed by atoms with E-state index in [9.17, 15) is 4.79 Å². The van der Waals surface area contributed by atoms with Gasteiger partial charge < -0.3 is 11.1 Å². The molecule has 15 heavy (non-hydrogen) atoms. The third-order valence-corrected chi connectivity index (χ3v) is 2.68. The Morgan fingerprint density at radius 2 is 2.27 bits per heavy atom. The van der Waals surface area contributed by atoms with E-state index >= 15 is 0 Å². The first kappa shape index (κ1) is 11.9. The monoisotopic (exact) mass is 226 g/mol. The first-order valence-electron chi connectivity index (χ1n) is 4.91. The Hall–Kier alpha value is -1.22. The van der Waals surface area contributed by atoms with Gasteiger partial charge >= 0.3 is 0 Å². The first-order valence-corrected chi connectivity index (χ1v) is 5.29. The SMILES string of the molecule is CCC(C)NC(=O)c1cccc(N)c1Cl. The van der Waals surface area contributed by atoms with Gasteiger partial charge in [0.1, 0.15) is 0 Å². The molecule has 0 bridgehead atoms. The largest absolute Gasteiger partial charge is 0.398 e. The van der Waals surface area contributed by atoms with Crippen LogP contribution in [-0.4, -0.2) is 11.9 Å². The number of carbonyl (C=O) groups is 1. The summed E-state index contributed by atoms with van der Waals surface area (Å²) >= 11 is 5.93. The molecule has 0 heterocycles. The van der Waals surface area contributed by atoms with Crippen molar-refractivity contribution in [2.45, 2.75) is 26.3 Å². The quantitative estimate of drug-likeness (QED) is 0.778. The number of carbonyl (C=O) groups excluding carboxylic acids is 1. The Balaban J connectivity index is 2.87. The van der Waals surface area contributed by atoms with Crippen molar-refractivity contribution in [1.82, 2.24) is 5.32 Å².